The zero-order chi connectivity index (χ0) is 22.7. The van der Waals surface area contributed by atoms with Crippen molar-refractivity contribution in [3.63, 3.8) is 0 Å². The van der Waals surface area contributed by atoms with E-state index in [0.29, 0.717) is 37.6 Å². The first-order valence-electron chi connectivity index (χ1n) is 10.6. The Bertz CT molecular complexity index is 1190. The molecular formula is C24H23Cl2N3O2S. The summed E-state index contributed by atoms with van der Waals surface area (Å²) >= 11 is 13.4. The summed E-state index contributed by atoms with van der Waals surface area (Å²) in [5.41, 5.74) is 2.25. The topological polar surface area (TPSA) is 67.0 Å². The number of furan rings is 1. The molecule has 1 N–H and O–H groups in total. The molecule has 1 saturated heterocycles. The molecule has 2 bridgehead atoms. The number of amidine groups is 1. The van der Waals surface area contributed by atoms with Crippen LogP contribution < -0.4 is 5.32 Å². The van der Waals surface area contributed by atoms with Crippen molar-refractivity contribution in [3.05, 3.63) is 51.0 Å². The number of hydrogen-bond donors (Lipinski definition) is 1. The molecule has 32 heavy (non-hydrogen) atoms. The number of halogens is 2. The van der Waals surface area contributed by atoms with E-state index in [-0.39, 0.29) is 16.7 Å². The van der Waals surface area contributed by atoms with Crippen LogP contribution in [-0.2, 0) is 4.79 Å². The Labute approximate surface area is 201 Å². The highest BCUT2D eigenvalue weighted by atomic mass is 35.5. The molecule has 0 radical (unpaired) electrons. The molecule has 2 atom stereocenters. The third kappa shape index (κ3) is 3.62. The van der Waals surface area contributed by atoms with Gasteiger partial charge in [0.2, 0.25) is 0 Å². The van der Waals surface area contributed by atoms with E-state index in [4.69, 9.17) is 27.6 Å². The first-order chi connectivity index (χ1) is 15.2. The van der Waals surface area contributed by atoms with Crippen LogP contribution in [0, 0.1) is 16.7 Å². The van der Waals surface area contributed by atoms with Gasteiger partial charge in [-0.1, -0.05) is 44.0 Å². The fraction of sp³-hybridized carbons (Fsp3) is 0.375. The number of fused-ring (bicyclic) bond motifs is 2. The van der Waals surface area contributed by atoms with E-state index in [1.807, 2.05) is 6.07 Å². The molecular weight excluding hydrogens is 465 g/mol. The van der Waals surface area contributed by atoms with Gasteiger partial charge in [0, 0.05) is 32.8 Å². The van der Waals surface area contributed by atoms with Gasteiger partial charge >= 0.3 is 0 Å². The van der Waals surface area contributed by atoms with Gasteiger partial charge in [0.25, 0.3) is 5.91 Å². The van der Waals surface area contributed by atoms with Crippen LogP contribution in [0.1, 0.15) is 45.8 Å². The summed E-state index contributed by atoms with van der Waals surface area (Å²) in [6, 6.07) is 8.85. The predicted octanol–water partition coefficient (Wildman–Crippen LogP) is 7.02. The zero-order valence-corrected chi connectivity index (χ0v) is 20.4. The smallest absolute Gasteiger partial charge is 0.264 e. The van der Waals surface area contributed by atoms with Crippen LogP contribution in [-0.4, -0.2) is 16.8 Å². The molecule has 1 aromatic carbocycles. The largest absolute Gasteiger partial charge is 0.457 e. The van der Waals surface area contributed by atoms with Crippen molar-refractivity contribution in [1.82, 2.24) is 5.32 Å². The first-order valence-corrected chi connectivity index (χ1v) is 12.2. The van der Waals surface area contributed by atoms with E-state index in [1.165, 1.54) is 18.2 Å². The lowest BCUT2D eigenvalue weighted by molar-refractivity contribution is -0.115. The fourth-order valence-electron chi connectivity index (χ4n) is 5.07. The Kier molecular flexibility index (Phi) is 5.31. The van der Waals surface area contributed by atoms with Gasteiger partial charge in [0.05, 0.1) is 4.91 Å². The van der Waals surface area contributed by atoms with Crippen molar-refractivity contribution in [3.8, 4) is 11.3 Å². The molecule has 3 aliphatic rings. The molecule has 2 saturated carbocycles. The van der Waals surface area contributed by atoms with Gasteiger partial charge in [-0.15, -0.1) is 5.10 Å². The van der Waals surface area contributed by atoms with Crippen LogP contribution >= 0.6 is 35.0 Å². The monoisotopic (exact) mass is 487 g/mol. The number of benzene rings is 1. The van der Waals surface area contributed by atoms with Crippen LogP contribution in [0.25, 0.3) is 17.4 Å². The minimum absolute atomic E-state index is 0.0848. The average molecular weight is 488 g/mol. The summed E-state index contributed by atoms with van der Waals surface area (Å²) in [6.45, 7) is 6.97. The number of carbonyl (C=O) groups excluding carboxylic acids is 1. The SMILES string of the molecule is CC12CCC(C/C1=N\N=C1/NC(=O)/C(=C/c3ccc(-c4cc(Cl)cc(Cl)c4)o3)S1)C2(C)C. The van der Waals surface area contributed by atoms with Gasteiger partial charge in [-0.25, -0.2) is 0 Å². The third-order valence-corrected chi connectivity index (χ3v) is 8.81. The molecule has 8 heteroatoms. The molecule has 1 aromatic heterocycles. The second-order valence-electron chi connectivity index (χ2n) is 9.37. The lowest BCUT2D eigenvalue weighted by Gasteiger charge is -2.34. The van der Waals surface area contributed by atoms with Crippen molar-refractivity contribution < 1.29 is 9.21 Å². The normalized spacial score (nSPS) is 30.1. The second kappa shape index (κ2) is 7.79. The van der Waals surface area contributed by atoms with Gasteiger partial charge in [-0.3, -0.25) is 10.1 Å². The Hall–Kier alpha value is -2.02. The van der Waals surface area contributed by atoms with E-state index >= 15 is 0 Å². The molecule has 5 rings (SSSR count). The van der Waals surface area contributed by atoms with Crippen molar-refractivity contribution in [2.75, 3.05) is 0 Å². The Morgan fingerprint density at radius 3 is 2.56 bits per heavy atom. The maximum absolute atomic E-state index is 12.4. The van der Waals surface area contributed by atoms with Crippen LogP contribution in [0.15, 0.2) is 49.9 Å². The minimum Gasteiger partial charge on any atom is -0.457 e. The number of amides is 1. The summed E-state index contributed by atoms with van der Waals surface area (Å²) in [5.74, 6) is 1.63. The van der Waals surface area contributed by atoms with Crippen molar-refractivity contribution in [1.29, 1.82) is 0 Å². The third-order valence-electron chi connectivity index (χ3n) is 7.47. The standard InChI is InChI=1S/C24H23Cl2N3O2S/c1-23(2)14-6-7-24(23,3)20(10-14)28-29-22-27-21(30)19(32-22)12-17-4-5-18(31-17)13-8-15(25)11-16(26)9-13/h4-5,8-9,11-12,14H,6-7,10H2,1-3H3,(H,27,29,30)/b19-12-,28-20+. The number of nitrogens with one attached hydrogen (secondary N) is 1. The van der Waals surface area contributed by atoms with Crippen molar-refractivity contribution in [2.24, 2.45) is 27.0 Å². The summed E-state index contributed by atoms with van der Waals surface area (Å²) in [4.78, 5) is 12.9. The molecule has 2 heterocycles. The molecule has 166 valence electrons. The molecule has 5 nitrogen and oxygen atoms in total. The average Bonchev–Trinajstić information content (AvgIpc) is 3.42. The molecule has 2 unspecified atom stereocenters. The van der Waals surface area contributed by atoms with E-state index in [9.17, 15) is 4.79 Å². The molecule has 1 aliphatic heterocycles. The molecule has 0 spiro atoms. The van der Waals surface area contributed by atoms with Gasteiger partial charge in [0.15, 0.2) is 5.17 Å². The van der Waals surface area contributed by atoms with E-state index < -0.39 is 0 Å². The maximum Gasteiger partial charge on any atom is 0.264 e. The predicted molar refractivity (Wildman–Crippen MR) is 132 cm³/mol. The van der Waals surface area contributed by atoms with Crippen LogP contribution in [0.3, 0.4) is 0 Å². The highest BCUT2D eigenvalue weighted by Gasteiger charge is 2.60. The van der Waals surface area contributed by atoms with Crippen LogP contribution in [0.5, 0.6) is 0 Å². The first kappa shape index (κ1) is 21.8. The summed E-state index contributed by atoms with van der Waals surface area (Å²) < 4.78 is 5.88. The fourth-order valence-corrected chi connectivity index (χ4v) is 6.35. The van der Waals surface area contributed by atoms with Crippen LogP contribution in [0.4, 0.5) is 0 Å². The van der Waals surface area contributed by atoms with E-state index in [0.717, 1.165) is 24.1 Å². The second-order valence-corrected chi connectivity index (χ2v) is 11.3. The highest BCUT2D eigenvalue weighted by Crippen LogP contribution is 2.64. The minimum atomic E-state index is -0.211. The molecule has 2 aliphatic carbocycles. The Balaban J connectivity index is 1.34. The quantitative estimate of drug-likeness (QED) is 0.373. The molecule has 2 aromatic rings. The Morgan fingerprint density at radius 2 is 1.91 bits per heavy atom. The van der Waals surface area contributed by atoms with Crippen molar-refractivity contribution >= 4 is 57.8 Å². The van der Waals surface area contributed by atoms with E-state index in [2.05, 4.69) is 36.3 Å². The highest BCUT2D eigenvalue weighted by molar-refractivity contribution is 8.18. The van der Waals surface area contributed by atoms with Gasteiger partial charge in [-0.2, -0.15) is 5.10 Å². The number of hydrogen-bond acceptors (Lipinski definition) is 5. The molecule has 3 fully saturated rings. The van der Waals surface area contributed by atoms with Crippen molar-refractivity contribution in [2.45, 2.75) is 40.0 Å². The van der Waals surface area contributed by atoms with E-state index in [1.54, 1.807) is 30.3 Å². The lowest BCUT2D eigenvalue weighted by atomic mass is 9.70. The van der Waals surface area contributed by atoms with Gasteiger partial charge in [0.1, 0.15) is 11.5 Å². The maximum atomic E-state index is 12.4. The van der Waals surface area contributed by atoms with Crippen LogP contribution in [0.2, 0.25) is 10.0 Å². The summed E-state index contributed by atoms with van der Waals surface area (Å²) in [6.07, 6.45) is 5.10. The number of nitrogens with zero attached hydrogens (tertiary/aromatic N) is 2. The number of carbonyl (C=O) groups is 1. The van der Waals surface area contributed by atoms with Gasteiger partial charge in [-0.05, 0) is 72.7 Å². The van der Waals surface area contributed by atoms with Gasteiger partial charge < -0.3 is 4.42 Å². The summed E-state index contributed by atoms with van der Waals surface area (Å²) in [5, 5.41) is 13.3. The lowest BCUT2D eigenvalue weighted by Crippen LogP contribution is -2.32. The number of rotatable bonds is 3. The Morgan fingerprint density at radius 1 is 1.16 bits per heavy atom. The zero-order valence-electron chi connectivity index (χ0n) is 18.0. The molecule has 1 amide bonds. The summed E-state index contributed by atoms with van der Waals surface area (Å²) in [7, 11) is 0. The number of thioether (sulfide) groups is 1.